The molecule has 0 aliphatic heterocycles. The van der Waals surface area contributed by atoms with E-state index in [-0.39, 0.29) is 4.83 Å². The Morgan fingerprint density at radius 1 is 1.56 bits per heavy atom. The maximum atomic E-state index is 11.8. The van der Waals surface area contributed by atoms with E-state index in [1.54, 1.807) is 0 Å². The summed E-state index contributed by atoms with van der Waals surface area (Å²) in [5, 5.41) is 0.735. The van der Waals surface area contributed by atoms with Crippen LogP contribution in [0.2, 0.25) is 5.02 Å². The van der Waals surface area contributed by atoms with Crippen molar-refractivity contribution in [2.24, 2.45) is 5.92 Å². The van der Waals surface area contributed by atoms with Gasteiger partial charge in [-0.2, -0.15) is 0 Å². The van der Waals surface area contributed by atoms with Gasteiger partial charge in [0, 0.05) is 10.9 Å². The number of carbonyl (C=O) groups excluding carboxylic acids is 1. The van der Waals surface area contributed by atoms with Crippen LogP contribution in [0.1, 0.15) is 24.0 Å². The zero-order chi connectivity index (χ0) is 11.7. The van der Waals surface area contributed by atoms with Crippen molar-refractivity contribution in [2.45, 2.75) is 31.0 Å². The molecule has 1 aliphatic carbocycles. The fourth-order valence-corrected chi connectivity index (χ4v) is 2.69. The Balaban J connectivity index is 2.07. The quantitative estimate of drug-likeness (QED) is 0.770. The Bertz CT molecular complexity index is 412. The Hall–Kier alpha value is -0.340. The van der Waals surface area contributed by atoms with Crippen molar-refractivity contribution in [1.82, 2.24) is 0 Å². The molecule has 0 heterocycles. The SMILES string of the molecule is Cc1ccc(Cl)cc1CC(Br)C(=O)C1CC1. The van der Waals surface area contributed by atoms with Gasteiger partial charge in [0.25, 0.3) is 0 Å². The van der Waals surface area contributed by atoms with Crippen LogP contribution in [0.4, 0.5) is 0 Å². The van der Waals surface area contributed by atoms with Gasteiger partial charge in [-0.05, 0) is 49.4 Å². The van der Waals surface area contributed by atoms with E-state index in [1.807, 2.05) is 25.1 Å². The summed E-state index contributed by atoms with van der Waals surface area (Å²) >= 11 is 9.44. The minimum atomic E-state index is -0.0582. The number of carbonyl (C=O) groups is 1. The third kappa shape index (κ3) is 2.86. The molecule has 3 heteroatoms. The van der Waals surface area contributed by atoms with E-state index < -0.39 is 0 Å². The fourth-order valence-electron chi connectivity index (χ4n) is 1.78. The molecule has 1 atom stereocenters. The molecule has 0 spiro atoms. The van der Waals surface area contributed by atoms with Crippen LogP contribution in [-0.4, -0.2) is 10.6 Å². The molecule has 16 heavy (non-hydrogen) atoms. The number of aryl methyl sites for hydroxylation is 1. The first kappa shape index (κ1) is 12.1. The first-order valence-corrected chi connectivity index (χ1v) is 6.80. The number of hydrogen-bond acceptors (Lipinski definition) is 1. The van der Waals surface area contributed by atoms with Crippen LogP contribution in [0, 0.1) is 12.8 Å². The van der Waals surface area contributed by atoms with E-state index in [4.69, 9.17) is 11.6 Å². The van der Waals surface area contributed by atoms with E-state index in [9.17, 15) is 4.79 Å². The summed E-state index contributed by atoms with van der Waals surface area (Å²) in [5.41, 5.74) is 2.35. The van der Waals surface area contributed by atoms with E-state index in [0.29, 0.717) is 11.7 Å². The van der Waals surface area contributed by atoms with Gasteiger partial charge in [-0.3, -0.25) is 4.79 Å². The number of hydrogen-bond donors (Lipinski definition) is 0. The number of rotatable bonds is 4. The lowest BCUT2D eigenvalue weighted by Crippen LogP contribution is -2.18. The van der Waals surface area contributed by atoms with Gasteiger partial charge in [0.2, 0.25) is 0 Å². The van der Waals surface area contributed by atoms with Crippen molar-refractivity contribution in [3.8, 4) is 0 Å². The number of alkyl halides is 1. The van der Waals surface area contributed by atoms with Crippen LogP contribution in [0.3, 0.4) is 0 Å². The summed E-state index contributed by atoms with van der Waals surface area (Å²) in [7, 11) is 0. The molecular weight excluding hydrogens is 287 g/mol. The molecule has 0 N–H and O–H groups in total. The largest absolute Gasteiger partial charge is 0.298 e. The highest BCUT2D eigenvalue weighted by Gasteiger charge is 2.33. The van der Waals surface area contributed by atoms with Gasteiger partial charge in [-0.25, -0.2) is 0 Å². The van der Waals surface area contributed by atoms with Gasteiger partial charge in [-0.1, -0.05) is 33.6 Å². The summed E-state index contributed by atoms with van der Waals surface area (Å²) in [5.74, 6) is 0.656. The van der Waals surface area contributed by atoms with Gasteiger partial charge >= 0.3 is 0 Å². The van der Waals surface area contributed by atoms with Crippen molar-refractivity contribution in [3.63, 3.8) is 0 Å². The molecule has 0 bridgehead atoms. The summed E-state index contributed by atoms with van der Waals surface area (Å²) in [6, 6.07) is 5.83. The average Bonchev–Trinajstić information content (AvgIpc) is 3.06. The third-order valence-corrected chi connectivity index (χ3v) is 4.01. The van der Waals surface area contributed by atoms with E-state index in [2.05, 4.69) is 15.9 Å². The molecule has 86 valence electrons. The summed E-state index contributed by atoms with van der Waals surface area (Å²) in [6.07, 6.45) is 2.87. The van der Waals surface area contributed by atoms with E-state index >= 15 is 0 Å². The van der Waals surface area contributed by atoms with Crippen molar-refractivity contribution >= 4 is 33.3 Å². The van der Waals surface area contributed by atoms with Crippen LogP contribution in [-0.2, 0) is 11.2 Å². The Morgan fingerprint density at radius 3 is 2.88 bits per heavy atom. The molecule has 0 aromatic heterocycles. The Labute approximate surface area is 109 Å². The molecule has 0 saturated heterocycles. The molecule has 1 aromatic rings. The lowest BCUT2D eigenvalue weighted by Gasteiger charge is -2.11. The van der Waals surface area contributed by atoms with Crippen LogP contribution in [0.15, 0.2) is 18.2 Å². The van der Waals surface area contributed by atoms with E-state index in [0.717, 1.165) is 29.8 Å². The second-order valence-corrected chi connectivity index (χ2v) is 5.96. The molecular formula is C13H14BrClO. The normalized spacial score (nSPS) is 17.2. The van der Waals surface area contributed by atoms with Crippen LogP contribution in [0.5, 0.6) is 0 Å². The number of ketones is 1. The standard InChI is InChI=1S/C13H14BrClO/c1-8-2-5-11(15)6-10(8)7-12(14)13(16)9-3-4-9/h2,5-6,9,12H,3-4,7H2,1H3. The first-order valence-electron chi connectivity index (χ1n) is 5.51. The Morgan fingerprint density at radius 2 is 2.25 bits per heavy atom. The molecule has 1 fully saturated rings. The molecule has 0 amide bonds. The minimum Gasteiger partial charge on any atom is -0.298 e. The molecule has 1 saturated carbocycles. The van der Waals surface area contributed by atoms with Gasteiger partial charge < -0.3 is 0 Å². The van der Waals surface area contributed by atoms with Gasteiger partial charge in [0.15, 0.2) is 0 Å². The van der Waals surface area contributed by atoms with Gasteiger partial charge in [0.1, 0.15) is 5.78 Å². The van der Waals surface area contributed by atoms with Crippen LogP contribution >= 0.6 is 27.5 Å². The first-order chi connectivity index (χ1) is 7.58. The molecule has 1 aliphatic rings. The second-order valence-electron chi connectivity index (χ2n) is 4.42. The summed E-state index contributed by atoms with van der Waals surface area (Å²) in [6.45, 7) is 2.05. The smallest absolute Gasteiger partial charge is 0.149 e. The van der Waals surface area contributed by atoms with Crippen LogP contribution in [0.25, 0.3) is 0 Å². The maximum absolute atomic E-state index is 11.8. The third-order valence-electron chi connectivity index (χ3n) is 3.00. The van der Waals surface area contributed by atoms with Crippen molar-refractivity contribution in [2.75, 3.05) is 0 Å². The van der Waals surface area contributed by atoms with E-state index in [1.165, 1.54) is 5.56 Å². The fraction of sp³-hybridized carbons (Fsp3) is 0.462. The van der Waals surface area contributed by atoms with Crippen molar-refractivity contribution in [3.05, 3.63) is 34.3 Å². The monoisotopic (exact) mass is 300 g/mol. The second kappa shape index (κ2) is 4.89. The highest BCUT2D eigenvalue weighted by Crippen LogP contribution is 2.33. The zero-order valence-electron chi connectivity index (χ0n) is 9.17. The maximum Gasteiger partial charge on any atom is 0.149 e. The minimum absolute atomic E-state index is 0.0582. The number of benzene rings is 1. The van der Waals surface area contributed by atoms with Gasteiger partial charge in [-0.15, -0.1) is 0 Å². The molecule has 2 rings (SSSR count). The lowest BCUT2D eigenvalue weighted by atomic mass is 10.0. The molecule has 1 aromatic carbocycles. The molecule has 1 unspecified atom stereocenters. The predicted octanol–water partition coefficient (Wildman–Crippen LogP) is 3.93. The summed E-state index contributed by atoms with van der Waals surface area (Å²) in [4.78, 5) is 11.8. The topological polar surface area (TPSA) is 17.1 Å². The van der Waals surface area contributed by atoms with Crippen LogP contribution < -0.4 is 0 Å². The Kier molecular flexibility index (Phi) is 3.70. The highest BCUT2D eigenvalue weighted by atomic mass is 79.9. The van der Waals surface area contributed by atoms with Crippen molar-refractivity contribution < 1.29 is 4.79 Å². The number of halogens is 2. The van der Waals surface area contributed by atoms with Crippen molar-refractivity contribution in [1.29, 1.82) is 0 Å². The molecule has 1 nitrogen and oxygen atoms in total. The number of Topliss-reactive ketones (excluding diaryl/α,β-unsaturated/α-hetero) is 1. The molecule has 0 radical (unpaired) electrons. The summed E-state index contributed by atoms with van der Waals surface area (Å²) < 4.78 is 0. The zero-order valence-corrected chi connectivity index (χ0v) is 11.5. The lowest BCUT2D eigenvalue weighted by molar-refractivity contribution is -0.119. The van der Waals surface area contributed by atoms with Gasteiger partial charge in [0.05, 0.1) is 4.83 Å². The predicted molar refractivity (Wildman–Crippen MR) is 70.3 cm³/mol. The average molecular weight is 302 g/mol. The highest BCUT2D eigenvalue weighted by molar-refractivity contribution is 9.10.